The van der Waals surface area contributed by atoms with Crippen LogP contribution in [0.3, 0.4) is 0 Å². The largest absolute Gasteiger partial charge is 0.324 e. The summed E-state index contributed by atoms with van der Waals surface area (Å²) >= 11 is 0. The molecule has 1 aliphatic rings. The highest BCUT2D eigenvalue weighted by atomic mass is 16.2. The number of carbonyl (C=O) groups excluding carboxylic acids is 2. The predicted octanol–water partition coefficient (Wildman–Crippen LogP) is 2.47. The van der Waals surface area contributed by atoms with E-state index in [2.05, 4.69) is 10.4 Å². The predicted molar refractivity (Wildman–Crippen MR) is 107 cm³/mol. The first-order valence-corrected chi connectivity index (χ1v) is 9.20. The number of nitrogens with one attached hydrogen (secondary N) is 1. The molecule has 0 aliphatic carbocycles. The number of aromatic nitrogens is 2. The summed E-state index contributed by atoms with van der Waals surface area (Å²) in [6.45, 7) is 2.32. The molecular formula is C21H20N4O3. The maximum absolute atomic E-state index is 12.6. The van der Waals surface area contributed by atoms with E-state index in [1.54, 1.807) is 35.2 Å². The number of anilines is 2. The third kappa shape index (κ3) is 3.38. The van der Waals surface area contributed by atoms with Crippen molar-refractivity contribution in [3.05, 3.63) is 64.6 Å². The number of fused-ring (bicyclic) bond motifs is 1. The summed E-state index contributed by atoms with van der Waals surface area (Å²) in [6, 6.07) is 14.4. The minimum absolute atomic E-state index is 0.0888. The van der Waals surface area contributed by atoms with E-state index in [4.69, 9.17) is 0 Å². The lowest BCUT2D eigenvalue weighted by Crippen LogP contribution is -2.30. The van der Waals surface area contributed by atoms with Gasteiger partial charge in [0.25, 0.3) is 5.56 Å². The second-order valence-corrected chi connectivity index (χ2v) is 6.84. The molecule has 3 aromatic rings. The van der Waals surface area contributed by atoms with E-state index in [1.807, 2.05) is 25.1 Å². The van der Waals surface area contributed by atoms with Crippen molar-refractivity contribution in [3.63, 3.8) is 0 Å². The summed E-state index contributed by atoms with van der Waals surface area (Å²) in [6.07, 6.45) is 1.39. The van der Waals surface area contributed by atoms with Gasteiger partial charge in [-0.3, -0.25) is 14.4 Å². The van der Waals surface area contributed by atoms with Crippen LogP contribution < -0.4 is 15.8 Å². The summed E-state index contributed by atoms with van der Waals surface area (Å²) in [5, 5.41) is 8.37. The van der Waals surface area contributed by atoms with Gasteiger partial charge in [-0.25, -0.2) is 4.68 Å². The van der Waals surface area contributed by atoms with Gasteiger partial charge >= 0.3 is 0 Å². The Balaban J connectivity index is 1.54. The van der Waals surface area contributed by atoms with Crippen molar-refractivity contribution < 1.29 is 9.59 Å². The zero-order valence-corrected chi connectivity index (χ0v) is 15.5. The normalized spacial score (nSPS) is 13.9. The molecule has 0 bridgehead atoms. The third-order valence-electron chi connectivity index (χ3n) is 4.86. The van der Waals surface area contributed by atoms with Gasteiger partial charge in [0.2, 0.25) is 11.8 Å². The van der Waals surface area contributed by atoms with Crippen LogP contribution in [0.4, 0.5) is 11.4 Å². The summed E-state index contributed by atoms with van der Waals surface area (Å²) in [5.41, 5.74) is 1.73. The Labute approximate surface area is 161 Å². The number of benzene rings is 2. The number of hydrogen-bond donors (Lipinski definition) is 1. The van der Waals surface area contributed by atoms with E-state index in [1.165, 1.54) is 4.68 Å². The van der Waals surface area contributed by atoms with Crippen LogP contribution in [-0.4, -0.2) is 28.1 Å². The summed E-state index contributed by atoms with van der Waals surface area (Å²) in [5.74, 6) is -0.264. The molecule has 1 fully saturated rings. The van der Waals surface area contributed by atoms with Gasteiger partial charge in [0.05, 0.1) is 11.1 Å². The average Bonchev–Trinajstić information content (AvgIpc) is 3.12. The molecule has 2 amide bonds. The van der Waals surface area contributed by atoms with E-state index in [9.17, 15) is 14.4 Å². The lowest BCUT2D eigenvalue weighted by Gasteiger charge is -2.17. The lowest BCUT2D eigenvalue weighted by molar-refractivity contribution is -0.117. The highest BCUT2D eigenvalue weighted by molar-refractivity contribution is 5.97. The fourth-order valence-electron chi connectivity index (χ4n) is 3.52. The molecule has 0 saturated carbocycles. The van der Waals surface area contributed by atoms with Crippen molar-refractivity contribution in [1.82, 2.24) is 9.78 Å². The highest BCUT2D eigenvalue weighted by Gasteiger charge is 2.21. The van der Waals surface area contributed by atoms with Crippen LogP contribution >= 0.6 is 0 Å². The first-order chi connectivity index (χ1) is 13.5. The smallest absolute Gasteiger partial charge is 0.275 e. The van der Waals surface area contributed by atoms with Crippen molar-refractivity contribution in [1.29, 1.82) is 0 Å². The second kappa shape index (κ2) is 7.26. The zero-order chi connectivity index (χ0) is 19.7. The third-order valence-corrected chi connectivity index (χ3v) is 4.86. The molecule has 4 rings (SSSR count). The number of amides is 2. The summed E-state index contributed by atoms with van der Waals surface area (Å²) in [4.78, 5) is 38.7. The Hall–Kier alpha value is -3.48. The molecule has 142 valence electrons. The molecule has 7 nitrogen and oxygen atoms in total. The molecule has 7 heteroatoms. The Kier molecular flexibility index (Phi) is 4.65. The fourth-order valence-corrected chi connectivity index (χ4v) is 3.52. The standard InChI is InChI=1S/C21H20N4O3/c1-14-17-8-2-3-9-18(17)21(28)25(23-14)13-19(26)22-15-6-4-7-16(12-15)24-11-5-10-20(24)27/h2-4,6-9,12H,5,10-11,13H2,1H3,(H,22,26). The molecule has 0 spiro atoms. The zero-order valence-electron chi connectivity index (χ0n) is 15.5. The summed E-state index contributed by atoms with van der Waals surface area (Å²) in [7, 11) is 0. The Bertz CT molecular complexity index is 1140. The van der Waals surface area contributed by atoms with Crippen molar-refractivity contribution >= 4 is 34.0 Å². The maximum Gasteiger partial charge on any atom is 0.275 e. The van der Waals surface area contributed by atoms with Crippen LogP contribution in [0.5, 0.6) is 0 Å². The van der Waals surface area contributed by atoms with Gasteiger partial charge in [0.15, 0.2) is 0 Å². The SMILES string of the molecule is Cc1nn(CC(=O)Nc2cccc(N3CCCC3=O)c2)c(=O)c2ccccc12. The molecule has 0 atom stereocenters. The Morgan fingerprint density at radius 1 is 1.11 bits per heavy atom. The molecule has 1 aromatic heterocycles. The van der Waals surface area contributed by atoms with E-state index in [0.717, 1.165) is 17.5 Å². The molecule has 0 radical (unpaired) electrons. The van der Waals surface area contributed by atoms with E-state index >= 15 is 0 Å². The fraction of sp³-hybridized carbons (Fsp3) is 0.238. The monoisotopic (exact) mass is 376 g/mol. The van der Waals surface area contributed by atoms with Crippen molar-refractivity contribution in [2.75, 3.05) is 16.8 Å². The molecule has 28 heavy (non-hydrogen) atoms. The topological polar surface area (TPSA) is 84.3 Å². The van der Waals surface area contributed by atoms with Crippen LogP contribution in [0.1, 0.15) is 18.5 Å². The molecule has 2 aromatic carbocycles. The van der Waals surface area contributed by atoms with E-state index in [-0.39, 0.29) is 23.9 Å². The number of hydrogen-bond acceptors (Lipinski definition) is 4. The molecule has 1 N–H and O–H groups in total. The minimum atomic E-state index is -0.353. The number of aryl methyl sites for hydroxylation is 1. The van der Waals surface area contributed by atoms with Crippen molar-refractivity contribution in [2.45, 2.75) is 26.3 Å². The Morgan fingerprint density at radius 3 is 2.64 bits per heavy atom. The quantitative estimate of drug-likeness (QED) is 0.758. The lowest BCUT2D eigenvalue weighted by atomic mass is 10.1. The van der Waals surface area contributed by atoms with Gasteiger partial charge in [0, 0.05) is 29.7 Å². The van der Waals surface area contributed by atoms with Gasteiger partial charge in [-0.2, -0.15) is 5.10 Å². The number of carbonyl (C=O) groups is 2. The number of rotatable bonds is 4. The van der Waals surface area contributed by atoms with Crippen LogP contribution in [0.2, 0.25) is 0 Å². The first kappa shape index (κ1) is 17.9. The van der Waals surface area contributed by atoms with Gasteiger partial charge in [-0.1, -0.05) is 24.3 Å². The minimum Gasteiger partial charge on any atom is -0.324 e. The van der Waals surface area contributed by atoms with E-state index < -0.39 is 0 Å². The molecule has 1 aliphatic heterocycles. The first-order valence-electron chi connectivity index (χ1n) is 9.20. The molecule has 1 saturated heterocycles. The maximum atomic E-state index is 12.6. The van der Waals surface area contributed by atoms with Crippen LogP contribution in [-0.2, 0) is 16.1 Å². The van der Waals surface area contributed by atoms with Crippen LogP contribution in [0.25, 0.3) is 10.8 Å². The van der Waals surface area contributed by atoms with Crippen molar-refractivity contribution in [2.24, 2.45) is 0 Å². The van der Waals surface area contributed by atoms with Gasteiger partial charge in [0.1, 0.15) is 6.54 Å². The molecule has 2 heterocycles. The van der Waals surface area contributed by atoms with Crippen LogP contribution in [0, 0.1) is 6.92 Å². The summed E-state index contributed by atoms with van der Waals surface area (Å²) < 4.78 is 1.18. The van der Waals surface area contributed by atoms with Gasteiger partial charge < -0.3 is 10.2 Å². The van der Waals surface area contributed by atoms with Crippen LogP contribution in [0.15, 0.2) is 53.3 Å². The highest BCUT2D eigenvalue weighted by Crippen LogP contribution is 2.24. The molecular weight excluding hydrogens is 356 g/mol. The van der Waals surface area contributed by atoms with Gasteiger partial charge in [-0.05, 0) is 37.6 Å². The van der Waals surface area contributed by atoms with Crippen molar-refractivity contribution in [3.8, 4) is 0 Å². The average molecular weight is 376 g/mol. The van der Waals surface area contributed by atoms with Gasteiger partial charge in [-0.15, -0.1) is 0 Å². The molecule has 0 unspecified atom stereocenters. The Morgan fingerprint density at radius 2 is 1.89 bits per heavy atom. The van der Waals surface area contributed by atoms with E-state index in [0.29, 0.717) is 29.7 Å². The number of nitrogens with zero attached hydrogens (tertiary/aromatic N) is 3. The second-order valence-electron chi connectivity index (χ2n) is 6.84.